The maximum absolute atomic E-state index is 13.1. The molecule has 3 aliphatic rings. The number of aliphatic hydroxyl groups is 2. The van der Waals surface area contributed by atoms with E-state index in [0.717, 1.165) is 38.5 Å². The zero-order chi connectivity index (χ0) is 38.9. The Labute approximate surface area is 306 Å². The van der Waals surface area contributed by atoms with Crippen LogP contribution in [-0.4, -0.2) is 112 Å². The van der Waals surface area contributed by atoms with Crippen molar-refractivity contribution >= 4 is 41.5 Å². The summed E-state index contributed by atoms with van der Waals surface area (Å²) in [5, 5.41) is 47.0. The minimum atomic E-state index is -1.74. The Morgan fingerprint density at radius 3 is 2.38 bits per heavy atom. The van der Waals surface area contributed by atoms with Crippen LogP contribution in [0.4, 0.5) is 0 Å². The number of aryl methyl sites for hydroxylation is 1. The highest BCUT2D eigenvalue weighted by Gasteiger charge is 2.54. The number of amides is 4. The van der Waals surface area contributed by atoms with E-state index in [0.29, 0.717) is 23.5 Å². The first-order valence-electron chi connectivity index (χ1n) is 17.8. The summed E-state index contributed by atoms with van der Waals surface area (Å²) in [6.45, 7) is 0.279. The fourth-order valence-corrected chi connectivity index (χ4v) is 8.16. The van der Waals surface area contributed by atoms with Gasteiger partial charge in [0.2, 0.25) is 17.7 Å². The molecule has 2 saturated carbocycles. The highest BCUT2D eigenvalue weighted by Crippen LogP contribution is 2.60. The van der Waals surface area contributed by atoms with Crippen molar-refractivity contribution in [1.29, 1.82) is 0 Å². The van der Waals surface area contributed by atoms with Crippen molar-refractivity contribution in [3.8, 4) is 5.75 Å². The number of rotatable bonds is 18. The predicted molar refractivity (Wildman–Crippen MR) is 188 cm³/mol. The average Bonchev–Trinajstić information content (AvgIpc) is 3.42. The number of hydrogen-bond acceptors (Lipinski definition) is 10. The zero-order valence-corrected chi connectivity index (χ0v) is 29.7. The SMILES string of the molecule is C[C@]12CC[C@@H]3c4ccc(OCC(=O)N[C@@H](CCCN=C(N)N)C(=O)NCC(=O)N[C@H](CC(=O)O)C(=O)N[C@@H](CO)C(=O)O)cc4CC[C@H]3[C@@H]1CC[C@@H]2O. The van der Waals surface area contributed by atoms with Crippen molar-refractivity contribution in [2.45, 2.75) is 94.9 Å². The maximum atomic E-state index is 13.1. The maximum Gasteiger partial charge on any atom is 0.328 e. The van der Waals surface area contributed by atoms with Crippen LogP contribution >= 0.6 is 0 Å². The molecule has 2 fully saturated rings. The van der Waals surface area contributed by atoms with Gasteiger partial charge in [-0.3, -0.25) is 29.0 Å². The van der Waals surface area contributed by atoms with Crippen molar-refractivity contribution in [1.82, 2.24) is 21.3 Å². The molecule has 3 aliphatic carbocycles. The standard InChI is InChI=1S/C35H51N7O11/c1-35-11-10-21-20-7-5-19(13-18(20)4-6-22(21)23(35)8-9-27(35)44)53-17-29(46)40-24(3-2-12-38-34(36)37)31(49)39-15-28(45)41-25(14-30(47)48)32(50)42-26(16-43)33(51)52/h5,7,13,21-27,43-44H,2-4,6,8-12,14-17H2,1H3,(H,39,49)(H,40,46)(H,41,45)(H,42,50)(H,47,48)(H,51,52)(H4,36,37,38)/t21-,22-,23+,24+,25-,26+,27+,35+/m1/s1. The summed E-state index contributed by atoms with van der Waals surface area (Å²) < 4.78 is 5.82. The van der Waals surface area contributed by atoms with Crippen molar-refractivity contribution < 1.29 is 53.9 Å². The van der Waals surface area contributed by atoms with E-state index in [1.807, 2.05) is 17.4 Å². The fraction of sp³-hybridized carbons (Fsp3) is 0.629. The third-order valence-electron chi connectivity index (χ3n) is 10.9. The number of aliphatic imine (C=N–C) groups is 1. The Morgan fingerprint density at radius 2 is 1.70 bits per heavy atom. The Hall–Kier alpha value is -4.97. The van der Waals surface area contributed by atoms with Crippen LogP contribution < -0.4 is 37.5 Å². The number of hydrogen-bond donors (Lipinski definition) is 10. The summed E-state index contributed by atoms with van der Waals surface area (Å²) in [5.41, 5.74) is 13.2. The Bertz CT molecular complexity index is 1570. The number of benzene rings is 1. The van der Waals surface area contributed by atoms with E-state index in [4.69, 9.17) is 31.5 Å². The Kier molecular flexibility index (Phi) is 14.0. The van der Waals surface area contributed by atoms with Gasteiger partial charge >= 0.3 is 11.9 Å². The van der Waals surface area contributed by atoms with Gasteiger partial charge in [-0.15, -0.1) is 0 Å². The lowest BCUT2D eigenvalue weighted by molar-refractivity contribution is -0.144. The van der Waals surface area contributed by atoms with Gasteiger partial charge in [-0.05, 0) is 97.8 Å². The van der Waals surface area contributed by atoms with Crippen molar-refractivity contribution in [3.05, 3.63) is 29.3 Å². The van der Waals surface area contributed by atoms with Gasteiger partial charge in [0.25, 0.3) is 5.91 Å². The van der Waals surface area contributed by atoms with E-state index >= 15 is 0 Å². The first-order chi connectivity index (χ1) is 25.1. The number of nitrogens with one attached hydrogen (secondary N) is 4. The number of nitrogens with zero attached hydrogens (tertiary/aromatic N) is 1. The number of ether oxygens (including phenoxy) is 1. The third kappa shape index (κ3) is 10.6. The van der Waals surface area contributed by atoms with Gasteiger partial charge < -0.3 is 57.9 Å². The minimum Gasteiger partial charge on any atom is -0.484 e. The molecule has 4 amide bonds. The summed E-state index contributed by atoms with van der Waals surface area (Å²) in [7, 11) is 0. The Morgan fingerprint density at radius 1 is 0.962 bits per heavy atom. The highest BCUT2D eigenvalue weighted by atomic mass is 16.5. The number of carboxylic acids is 2. The minimum absolute atomic E-state index is 0.0134. The summed E-state index contributed by atoms with van der Waals surface area (Å²) >= 11 is 0. The summed E-state index contributed by atoms with van der Waals surface area (Å²) in [6.07, 6.45) is 5.02. The molecular weight excluding hydrogens is 694 g/mol. The monoisotopic (exact) mass is 745 g/mol. The highest BCUT2D eigenvalue weighted by molar-refractivity contribution is 5.95. The lowest BCUT2D eigenvalue weighted by Crippen LogP contribution is -2.55. The van der Waals surface area contributed by atoms with Crippen LogP contribution in [-0.2, 0) is 35.2 Å². The van der Waals surface area contributed by atoms with Crippen LogP contribution in [0.15, 0.2) is 23.2 Å². The molecule has 4 rings (SSSR count). The molecule has 53 heavy (non-hydrogen) atoms. The third-order valence-corrected chi connectivity index (χ3v) is 10.9. The molecule has 292 valence electrons. The lowest BCUT2D eigenvalue weighted by atomic mass is 9.55. The normalized spacial score (nSPS) is 24.4. The molecule has 18 heteroatoms. The number of fused-ring (bicyclic) bond motifs is 5. The molecule has 0 saturated heterocycles. The summed E-state index contributed by atoms with van der Waals surface area (Å²) in [6, 6.07) is 1.26. The van der Waals surface area contributed by atoms with Crippen LogP contribution in [0, 0.1) is 17.3 Å². The lowest BCUT2D eigenvalue weighted by Gasteiger charge is -2.50. The molecule has 0 bridgehead atoms. The van der Waals surface area contributed by atoms with Gasteiger partial charge in [0.1, 0.15) is 23.9 Å². The first kappa shape index (κ1) is 40.8. The fourth-order valence-electron chi connectivity index (χ4n) is 8.16. The van der Waals surface area contributed by atoms with E-state index in [1.54, 1.807) is 0 Å². The molecule has 1 aromatic carbocycles. The van der Waals surface area contributed by atoms with Gasteiger partial charge in [0.05, 0.1) is 25.7 Å². The predicted octanol–water partition coefficient (Wildman–Crippen LogP) is -1.54. The van der Waals surface area contributed by atoms with Gasteiger partial charge in [-0.1, -0.05) is 13.0 Å². The van der Waals surface area contributed by atoms with Gasteiger partial charge in [-0.25, -0.2) is 4.79 Å². The number of nitrogens with two attached hydrogens (primary N) is 2. The molecule has 12 N–H and O–H groups in total. The van der Waals surface area contributed by atoms with Gasteiger partial charge in [-0.2, -0.15) is 0 Å². The smallest absolute Gasteiger partial charge is 0.328 e. The summed E-state index contributed by atoms with van der Waals surface area (Å²) in [5.74, 6) is -4.79. The van der Waals surface area contributed by atoms with E-state index in [-0.39, 0.29) is 36.9 Å². The second-order valence-electron chi connectivity index (χ2n) is 14.3. The largest absolute Gasteiger partial charge is 0.484 e. The van der Waals surface area contributed by atoms with E-state index < -0.39 is 79.9 Å². The first-order valence-corrected chi connectivity index (χ1v) is 17.8. The molecular formula is C35H51N7O11. The topological polar surface area (TPSA) is 305 Å². The molecule has 0 heterocycles. The van der Waals surface area contributed by atoms with Crippen molar-refractivity contribution in [2.75, 3.05) is 26.3 Å². The number of carboxylic acid groups (broad SMARTS) is 2. The molecule has 1 aromatic rings. The average molecular weight is 746 g/mol. The zero-order valence-electron chi connectivity index (χ0n) is 29.7. The van der Waals surface area contributed by atoms with Crippen LogP contribution in [0.25, 0.3) is 0 Å². The number of guanidine groups is 1. The quantitative estimate of drug-likeness (QED) is 0.0463. The van der Waals surface area contributed by atoms with E-state index in [1.165, 1.54) is 11.1 Å². The number of aliphatic hydroxyl groups excluding tert-OH is 2. The molecule has 0 radical (unpaired) electrons. The van der Waals surface area contributed by atoms with Gasteiger partial charge in [0.15, 0.2) is 12.6 Å². The number of aliphatic carboxylic acids is 2. The van der Waals surface area contributed by atoms with Crippen LogP contribution in [0.5, 0.6) is 5.75 Å². The van der Waals surface area contributed by atoms with Crippen LogP contribution in [0.3, 0.4) is 0 Å². The van der Waals surface area contributed by atoms with E-state index in [9.17, 15) is 33.9 Å². The van der Waals surface area contributed by atoms with E-state index in [2.05, 4.69) is 33.9 Å². The molecule has 8 atom stereocenters. The Balaban J connectivity index is 1.33. The molecule has 0 aromatic heterocycles. The second-order valence-corrected chi connectivity index (χ2v) is 14.3. The molecule has 0 aliphatic heterocycles. The van der Waals surface area contributed by atoms with Crippen LogP contribution in [0.2, 0.25) is 0 Å². The molecule has 0 unspecified atom stereocenters. The summed E-state index contributed by atoms with van der Waals surface area (Å²) in [4.78, 5) is 77.4. The number of carbonyl (C=O) groups excluding carboxylic acids is 4. The van der Waals surface area contributed by atoms with Crippen molar-refractivity contribution in [2.24, 2.45) is 33.7 Å². The number of carbonyl (C=O) groups is 6. The van der Waals surface area contributed by atoms with Crippen molar-refractivity contribution in [3.63, 3.8) is 0 Å². The molecule has 0 spiro atoms. The van der Waals surface area contributed by atoms with Crippen LogP contribution in [0.1, 0.15) is 75.3 Å². The molecule has 18 nitrogen and oxygen atoms in total. The van der Waals surface area contributed by atoms with Gasteiger partial charge in [0, 0.05) is 6.54 Å². The second kappa shape index (κ2) is 18.2.